The van der Waals surface area contributed by atoms with E-state index in [4.69, 9.17) is 5.73 Å². The van der Waals surface area contributed by atoms with Gasteiger partial charge in [-0.2, -0.15) is 0 Å². The van der Waals surface area contributed by atoms with Gasteiger partial charge < -0.3 is 16.0 Å². The van der Waals surface area contributed by atoms with Gasteiger partial charge in [-0.25, -0.2) is 4.98 Å². The van der Waals surface area contributed by atoms with Crippen LogP contribution in [0, 0.1) is 5.92 Å². The summed E-state index contributed by atoms with van der Waals surface area (Å²) in [4.78, 5) is 17.9. The molecule has 1 unspecified atom stereocenters. The van der Waals surface area contributed by atoms with Gasteiger partial charge in [0.2, 0.25) is 5.91 Å². The first-order valence-corrected chi connectivity index (χ1v) is 7.46. The lowest BCUT2D eigenvalue weighted by Gasteiger charge is -2.27. The molecule has 1 saturated heterocycles. The molecule has 1 aromatic rings. The summed E-state index contributed by atoms with van der Waals surface area (Å²) in [6.07, 6.45) is 6.73. The van der Waals surface area contributed by atoms with Gasteiger partial charge in [-0.15, -0.1) is 0 Å². The van der Waals surface area contributed by atoms with Crippen molar-refractivity contribution in [3.05, 3.63) is 23.9 Å². The third-order valence-electron chi connectivity index (χ3n) is 4.14. The van der Waals surface area contributed by atoms with E-state index in [2.05, 4.69) is 15.2 Å². The minimum Gasteiger partial charge on any atom is -0.366 e. The highest BCUT2D eigenvalue weighted by atomic mass is 16.1. The Morgan fingerprint density at radius 3 is 2.75 bits per heavy atom. The third-order valence-corrected chi connectivity index (χ3v) is 4.14. The molecule has 108 valence electrons. The lowest BCUT2D eigenvalue weighted by atomic mass is 10.2. The Kier molecular flexibility index (Phi) is 3.87. The predicted octanol–water partition coefficient (Wildman–Crippen LogP) is 1.15. The molecule has 5 heteroatoms. The Labute approximate surface area is 119 Å². The van der Waals surface area contributed by atoms with E-state index >= 15 is 0 Å². The minimum atomic E-state index is -0.421. The Hall–Kier alpha value is -1.62. The molecule has 2 heterocycles. The Bertz CT molecular complexity index is 463. The molecule has 3 rings (SSSR count). The SMILES string of the molecule is NC(=O)c1ccc(N(CC2CC2)CC2CCCN2)nc1. The van der Waals surface area contributed by atoms with Crippen LogP contribution in [0.1, 0.15) is 36.0 Å². The van der Waals surface area contributed by atoms with Gasteiger partial charge in [0.25, 0.3) is 0 Å². The molecule has 0 spiro atoms. The first kappa shape index (κ1) is 13.4. The van der Waals surface area contributed by atoms with Crippen molar-refractivity contribution in [2.45, 2.75) is 31.7 Å². The van der Waals surface area contributed by atoms with Gasteiger partial charge >= 0.3 is 0 Å². The van der Waals surface area contributed by atoms with Crippen molar-refractivity contribution in [3.63, 3.8) is 0 Å². The van der Waals surface area contributed by atoms with E-state index in [0.717, 1.165) is 31.4 Å². The van der Waals surface area contributed by atoms with Crippen LogP contribution in [0.25, 0.3) is 0 Å². The summed E-state index contributed by atoms with van der Waals surface area (Å²) >= 11 is 0. The quantitative estimate of drug-likeness (QED) is 0.816. The van der Waals surface area contributed by atoms with E-state index in [1.165, 1.54) is 25.7 Å². The Morgan fingerprint density at radius 1 is 1.35 bits per heavy atom. The van der Waals surface area contributed by atoms with E-state index in [9.17, 15) is 4.79 Å². The average molecular weight is 274 g/mol. The monoisotopic (exact) mass is 274 g/mol. The number of anilines is 1. The molecule has 1 atom stereocenters. The highest BCUT2D eigenvalue weighted by Crippen LogP contribution is 2.31. The van der Waals surface area contributed by atoms with Crippen molar-refractivity contribution >= 4 is 11.7 Å². The summed E-state index contributed by atoms with van der Waals surface area (Å²) in [7, 11) is 0. The maximum absolute atomic E-state index is 11.1. The van der Waals surface area contributed by atoms with Crippen LogP contribution in [0.3, 0.4) is 0 Å². The van der Waals surface area contributed by atoms with Crippen molar-refractivity contribution in [1.29, 1.82) is 0 Å². The summed E-state index contributed by atoms with van der Waals surface area (Å²) in [6.45, 7) is 3.19. The zero-order valence-corrected chi connectivity index (χ0v) is 11.7. The molecular weight excluding hydrogens is 252 g/mol. The maximum Gasteiger partial charge on any atom is 0.250 e. The first-order chi connectivity index (χ1) is 9.72. The van der Waals surface area contributed by atoms with Gasteiger partial charge in [0.1, 0.15) is 5.82 Å². The molecule has 2 aliphatic rings. The van der Waals surface area contributed by atoms with Crippen LogP contribution in [0.4, 0.5) is 5.82 Å². The van der Waals surface area contributed by atoms with Crippen LogP contribution < -0.4 is 16.0 Å². The molecule has 1 amide bonds. The zero-order chi connectivity index (χ0) is 13.9. The third kappa shape index (κ3) is 3.28. The van der Waals surface area contributed by atoms with Crippen molar-refractivity contribution in [2.75, 3.05) is 24.5 Å². The predicted molar refractivity (Wildman–Crippen MR) is 78.7 cm³/mol. The second kappa shape index (κ2) is 5.79. The van der Waals surface area contributed by atoms with Gasteiger partial charge in [-0.05, 0) is 50.3 Å². The minimum absolute atomic E-state index is 0.421. The second-order valence-corrected chi connectivity index (χ2v) is 5.91. The molecule has 0 bridgehead atoms. The number of nitrogens with zero attached hydrogens (tertiary/aromatic N) is 2. The number of carbonyl (C=O) groups is 1. The molecule has 5 nitrogen and oxygen atoms in total. The fourth-order valence-electron chi connectivity index (χ4n) is 2.77. The molecular formula is C15H22N4O. The van der Waals surface area contributed by atoms with Crippen molar-refractivity contribution in [2.24, 2.45) is 11.7 Å². The number of primary amides is 1. The summed E-state index contributed by atoms with van der Waals surface area (Å²) in [5, 5.41) is 3.54. The molecule has 3 N–H and O–H groups in total. The summed E-state index contributed by atoms with van der Waals surface area (Å²) in [5.74, 6) is 1.35. The van der Waals surface area contributed by atoms with Crippen LogP contribution in [-0.2, 0) is 0 Å². The standard InChI is InChI=1S/C15H22N4O/c16-15(20)12-5-6-14(18-8-12)19(9-11-3-4-11)10-13-2-1-7-17-13/h5-6,8,11,13,17H,1-4,7,9-10H2,(H2,16,20). The number of rotatable bonds is 6. The van der Waals surface area contributed by atoms with Gasteiger partial charge in [-0.1, -0.05) is 0 Å². The molecule has 0 radical (unpaired) electrons. The summed E-state index contributed by atoms with van der Waals surface area (Å²) in [6, 6.07) is 4.25. The molecule has 1 aliphatic heterocycles. The van der Waals surface area contributed by atoms with Crippen molar-refractivity contribution in [3.8, 4) is 0 Å². The number of nitrogens with two attached hydrogens (primary N) is 1. The van der Waals surface area contributed by atoms with E-state index < -0.39 is 5.91 Å². The van der Waals surface area contributed by atoms with E-state index in [0.29, 0.717) is 11.6 Å². The molecule has 1 saturated carbocycles. The average Bonchev–Trinajstić information content (AvgIpc) is 3.12. The fraction of sp³-hybridized carbons (Fsp3) is 0.600. The number of nitrogens with one attached hydrogen (secondary N) is 1. The van der Waals surface area contributed by atoms with E-state index in [-0.39, 0.29) is 0 Å². The number of pyridine rings is 1. The molecule has 20 heavy (non-hydrogen) atoms. The van der Waals surface area contributed by atoms with Gasteiger partial charge in [0, 0.05) is 25.3 Å². The van der Waals surface area contributed by atoms with Crippen molar-refractivity contribution < 1.29 is 4.79 Å². The highest BCUT2D eigenvalue weighted by Gasteiger charge is 2.27. The number of amides is 1. The Balaban J connectivity index is 1.70. The number of hydrogen-bond donors (Lipinski definition) is 2. The van der Waals surface area contributed by atoms with Crippen LogP contribution in [-0.4, -0.2) is 36.6 Å². The fourth-order valence-corrected chi connectivity index (χ4v) is 2.77. The van der Waals surface area contributed by atoms with Gasteiger partial charge in [0.05, 0.1) is 5.56 Å². The summed E-state index contributed by atoms with van der Waals surface area (Å²) < 4.78 is 0. The Morgan fingerprint density at radius 2 is 2.20 bits per heavy atom. The normalized spacial score (nSPS) is 21.9. The topological polar surface area (TPSA) is 71.2 Å². The van der Waals surface area contributed by atoms with Gasteiger partial charge in [-0.3, -0.25) is 4.79 Å². The highest BCUT2D eigenvalue weighted by molar-refractivity contribution is 5.92. The second-order valence-electron chi connectivity index (χ2n) is 5.91. The number of aromatic nitrogens is 1. The van der Waals surface area contributed by atoms with Crippen LogP contribution in [0.5, 0.6) is 0 Å². The van der Waals surface area contributed by atoms with Gasteiger partial charge in [0.15, 0.2) is 0 Å². The maximum atomic E-state index is 11.1. The summed E-state index contributed by atoms with van der Waals surface area (Å²) in [5.41, 5.74) is 5.73. The lowest BCUT2D eigenvalue weighted by molar-refractivity contribution is 0.1000. The smallest absolute Gasteiger partial charge is 0.250 e. The van der Waals surface area contributed by atoms with Crippen molar-refractivity contribution in [1.82, 2.24) is 10.3 Å². The molecule has 1 aliphatic carbocycles. The molecule has 2 fully saturated rings. The molecule has 0 aromatic carbocycles. The first-order valence-electron chi connectivity index (χ1n) is 7.46. The van der Waals surface area contributed by atoms with E-state index in [1.54, 1.807) is 12.3 Å². The lowest BCUT2D eigenvalue weighted by Crippen LogP contribution is -2.39. The zero-order valence-electron chi connectivity index (χ0n) is 11.7. The largest absolute Gasteiger partial charge is 0.366 e. The van der Waals surface area contributed by atoms with Crippen LogP contribution in [0.15, 0.2) is 18.3 Å². The van der Waals surface area contributed by atoms with Crippen LogP contribution >= 0.6 is 0 Å². The number of hydrogen-bond acceptors (Lipinski definition) is 4. The van der Waals surface area contributed by atoms with Crippen LogP contribution in [0.2, 0.25) is 0 Å². The van der Waals surface area contributed by atoms with E-state index in [1.807, 2.05) is 6.07 Å². The molecule has 1 aromatic heterocycles. The number of carbonyl (C=O) groups excluding carboxylic acids is 1.